The van der Waals surface area contributed by atoms with Crippen molar-refractivity contribution in [2.45, 2.75) is 62.7 Å². The number of amides is 2. The van der Waals surface area contributed by atoms with Crippen LogP contribution in [-0.2, 0) is 9.59 Å². The number of nitrogens with one attached hydrogen (secondary N) is 2. The Balaban J connectivity index is 1.19. The lowest BCUT2D eigenvalue weighted by molar-refractivity contribution is -0.139. The number of fused-ring (bicyclic) bond motifs is 1. The lowest BCUT2D eigenvalue weighted by atomic mass is 10.1. The van der Waals surface area contributed by atoms with Gasteiger partial charge in [-0.05, 0) is 56.7 Å². The zero-order valence-corrected chi connectivity index (χ0v) is 24.3. The third-order valence-electron chi connectivity index (χ3n) is 6.71. The van der Waals surface area contributed by atoms with E-state index in [1.807, 2.05) is 51.9 Å². The maximum Gasteiger partial charge on any atom is 0.413 e. The second kappa shape index (κ2) is 15.5. The molecular weight excluding hydrogens is 564 g/mol. The molecule has 4 rings (SSSR count). The van der Waals surface area contributed by atoms with Gasteiger partial charge in [0.1, 0.15) is 23.1 Å². The Morgan fingerprint density at radius 2 is 1.88 bits per heavy atom. The van der Waals surface area contributed by atoms with Gasteiger partial charge in [0.2, 0.25) is 5.91 Å². The van der Waals surface area contributed by atoms with Crippen LogP contribution < -0.4 is 20.8 Å². The largest absolute Gasteiger partial charge is 0.480 e. The molecule has 2 heterocycles. The van der Waals surface area contributed by atoms with Crippen molar-refractivity contribution in [2.75, 3.05) is 12.3 Å². The highest BCUT2D eigenvalue weighted by Crippen LogP contribution is 2.39. The zero-order valence-electron chi connectivity index (χ0n) is 22.6. The van der Waals surface area contributed by atoms with Gasteiger partial charge in [0, 0.05) is 35.6 Å². The third kappa shape index (κ3) is 9.57. The van der Waals surface area contributed by atoms with Gasteiger partial charge in [0.15, 0.2) is 5.43 Å². The molecule has 0 spiro atoms. The lowest BCUT2D eigenvalue weighted by Crippen LogP contribution is -2.42. The number of hydrogen-bond acceptors (Lipinski definition) is 8. The molecule has 2 atom stereocenters. The number of hydrogen-bond donors (Lipinski definition) is 3. The quantitative estimate of drug-likeness (QED) is 0.151. The van der Waals surface area contributed by atoms with Gasteiger partial charge in [-0.2, -0.15) is 0 Å². The molecule has 0 aliphatic carbocycles. The summed E-state index contributed by atoms with van der Waals surface area (Å²) in [6.45, 7) is 0.455. The van der Waals surface area contributed by atoms with Crippen molar-refractivity contribution < 1.29 is 28.6 Å². The maximum absolute atomic E-state index is 12.7. The molecule has 0 radical (unpaired) electrons. The number of ether oxygens (including phenoxy) is 1. The van der Waals surface area contributed by atoms with Gasteiger partial charge in [-0.15, -0.1) is 0 Å². The fraction of sp³-hybridized carbons (Fsp3) is 0.400. The Hall–Kier alpha value is -3.44. The molecule has 2 aromatic carbocycles. The topological polar surface area (TPSA) is 135 Å². The summed E-state index contributed by atoms with van der Waals surface area (Å²) in [6, 6.07) is 13.8. The van der Waals surface area contributed by atoms with Crippen LogP contribution >= 0.6 is 21.6 Å². The summed E-state index contributed by atoms with van der Waals surface area (Å²) in [6.07, 6.45) is 5.16. The molecule has 218 valence electrons. The summed E-state index contributed by atoms with van der Waals surface area (Å²) < 4.78 is 11.1. The van der Waals surface area contributed by atoms with E-state index in [0.29, 0.717) is 37.2 Å². The minimum absolute atomic E-state index is 0.00986. The van der Waals surface area contributed by atoms with E-state index in [1.165, 1.54) is 36.4 Å². The van der Waals surface area contributed by atoms with Gasteiger partial charge in [-0.25, -0.2) is 9.59 Å². The molecule has 9 nitrogen and oxygen atoms in total. The molecule has 0 saturated carbocycles. The highest BCUT2D eigenvalue weighted by Gasteiger charge is 2.21. The van der Waals surface area contributed by atoms with Crippen molar-refractivity contribution in [1.29, 1.82) is 0 Å². The van der Waals surface area contributed by atoms with Gasteiger partial charge >= 0.3 is 12.1 Å². The van der Waals surface area contributed by atoms with Crippen molar-refractivity contribution in [2.24, 2.45) is 0 Å². The number of carboxylic acid groups (broad SMARTS) is 1. The normalized spacial score (nSPS) is 15.4. The number of benzene rings is 2. The third-order valence-corrected chi connectivity index (χ3v) is 9.71. The van der Waals surface area contributed by atoms with Crippen molar-refractivity contribution >= 4 is 50.5 Å². The van der Waals surface area contributed by atoms with Crippen LogP contribution in [-0.4, -0.2) is 46.7 Å². The van der Waals surface area contributed by atoms with Crippen LogP contribution in [0.1, 0.15) is 51.4 Å². The van der Waals surface area contributed by atoms with Crippen molar-refractivity contribution in [3.8, 4) is 17.1 Å². The SMILES string of the molecule is O=C(CCCC[C@@H]1CCSS1)NCCCCC(NC(=O)Oc1ccc2oc(-c3ccccc3)cc(=O)c2c1)C(=O)O. The van der Waals surface area contributed by atoms with Crippen LogP contribution in [0.5, 0.6) is 5.75 Å². The zero-order chi connectivity index (χ0) is 29.0. The smallest absolute Gasteiger partial charge is 0.413 e. The van der Waals surface area contributed by atoms with E-state index in [-0.39, 0.29) is 28.9 Å². The number of carboxylic acids is 1. The van der Waals surface area contributed by atoms with Crippen LogP contribution in [0.2, 0.25) is 0 Å². The summed E-state index contributed by atoms with van der Waals surface area (Å²) in [4.78, 5) is 48.8. The standard InChI is InChI=1S/C30H34N2O7S2/c33-25-19-27(20-8-2-1-3-9-20)39-26-14-13-21(18-23(25)26)38-30(37)32-24(29(35)36)11-6-7-16-31-28(34)12-5-4-10-22-15-17-40-41-22/h1-3,8-9,13-14,18-19,22,24H,4-7,10-12,15-17H2,(H,31,34)(H,32,37)(H,35,36)/t22-,24?/m1/s1. The predicted octanol–water partition coefficient (Wildman–Crippen LogP) is 6.00. The molecule has 1 aliphatic heterocycles. The lowest BCUT2D eigenvalue weighted by Gasteiger charge is -2.14. The summed E-state index contributed by atoms with van der Waals surface area (Å²) in [5, 5.41) is 15.7. The molecule has 3 N–H and O–H groups in total. The average molecular weight is 599 g/mol. The minimum atomic E-state index is -1.18. The number of unbranched alkanes of at least 4 members (excludes halogenated alkanes) is 2. The van der Waals surface area contributed by atoms with E-state index in [9.17, 15) is 24.3 Å². The van der Waals surface area contributed by atoms with Crippen LogP contribution in [0.25, 0.3) is 22.3 Å². The molecular formula is C30H34N2O7S2. The first kappa shape index (κ1) is 30.5. The van der Waals surface area contributed by atoms with E-state index >= 15 is 0 Å². The Labute approximate surface area is 246 Å². The minimum Gasteiger partial charge on any atom is -0.480 e. The molecule has 1 unspecified atom stereocenters. The fourth-order valence-corrected chi connectivity index (χ4v) is 7.52. The summed E-state index contributed by atoms with van der Waals surface area (Å²) in [5.41, 5.74) is 0.799. The van der Waals surface area contributed by atoms with Crippen LogP contribution in [0.3, 0.4) is 0 Å². The number of aliphatic carboxylic acids is 1. The first-order valence-corrected chi connectivity index (χ1v) is 16.2. The molecule has 3 aromatic rings. The summed E-state index contributed by atoms with van der Waals surface area (Å²) in [7, 11) is 3.88. The predicted molar refractivity (Wildman–Crippen MR) is 162 cm³/mol. The van der Waals surface area contributed by atoms with Crippen LogP contribution in [0, 0.1) is 0 Å². The first-order chi connectivity index (χ1) is 19.9. The van der Waals surface area contributed by atoms with E-state index in [4.69, 9.17) is 9.15 Å². The maximum atomic E-state index is 12.7. The van der Waals surface area contributed by atoms with Crippen LogP contribution in [0.4, 0.5) is 4.79 Å². The van der Waals surface area contributed by atoms with Crippen molar-refractivity contribution in [3.63, 3.8) is 0 Å². The summed E-state index contributed by atoms with van der Waals surface area (Å²) in [5.74, 6) is 0.554. The fourth-order valence-electron chi connectivity index (χ4n) is 4.49. The van der Waals surface area contributed by atoms with E-state index in [2.05, 4.69) is 10.6 Å². The highest BCUT2D eigenvalue weighted by molar-refractivity contribution is 8.77. The monoisotopic (exact) mass is 598 g/mol. The first-order valence-electron chi connectivity index (χ1n) is 13.8. The van der Waals surface area contributed by atoms with Crippen LogP contribution in [0.15, 0.2) is 63.8 Å². The highest BCUT2D eigenvalue weighted by atomic mass is 33.1. The molecule has 1 aromatic heterocycles. The molecule has 0 bridgehead atoms. The van der Waals surface area contributed by atoms with E-state index in [1.54, 1.807) is 0 Å². The van der Waals surface area contributed by atoms with Gasteiger partial charge in [0.05, 0.1) is 5.39 Å². The van der Waals surface area contributed by atoms with E-state index in [0.717, 1.165) is 30.1 Å². The van der Waals surface area contributed by atoms with Gasteiger partial charge < -0.3 is 24.9 Å². The van der Waals surface area contributed by atoms with Gasteiger partial charge in [0.25, 0.3) is 0 Å². The second-order valence-electron chi connectivity index (χ2n) is 9.84. The molecule has 1 saturated heterocycles. The Kier molecular flexibility index (Phi) is 11.6. The van der Waals surface area contributed by atoms with Gasteiger partial charge in [-0.3, -0.25) is 9.59 Å². The Morgan fingerprint density at radius 1 is 1.05 bits per heavy atom. The number of rotatable bonds is 14. The number of carbonyl (C=O) groups is 3. The van der Waals surface area contributed by atoms with Crippen molar-refractivity contribution in [1.82, 2.24) is 10.6 Å². The molecule has 1 fully saturated rings. The number of carbonyl (C=O) groups excluding carboxylic acids is 2. The van der Waals surface area contributed by atoms with E-state index < -0.39 is 18.1 Å². The molecule has 1 aliphatic rings. The molecule has 11 heteroatoms. The summed E-state index contributed by atoms with van der Waals surface area (Å²) >= 11 is 0. The molecule has 2 amide bonds. The Morgan fingerprint density at radius 3 is 2.63 bits per heavy atom. The van der Waals surface area contributed by atoms with Crippen molar-refractivity contribution in [3.05, 3.63) is 64.8 Å². The average Bonchev–Trinajstić information content (AvgIpc) is 3.49. The van der Waals surface area contributed by atoms with Gasteiger partial charge in [-0.1, -0.05) is 58.3 Å². The Bertz CT molecular complexity index is 1390. The second-order valence-corrected chi connectivity index (χ2v) is 12.6. The molecule has 41 heavy (non-hydrogen) atoms.